The molecule has 0 radical (unpaired) electrons. The number of hydrogen-bond acceptors (Lipinski definition) is 4. The van der Waals surface area contributed by atoms with Crippen molar-refractivity contribution in [3.8, 4) is 11.4 Å². The molecular formula is C17H23N3O3. The highest BCUT2D eigenvalue weighted by atomic mass is 16.5. The zero-order chi connectivity index (χ0) is 17.0. The summed E-state index contributed by atoms with van der Waals surface area (Å²) in [5, 5.41) is 16.4. The molecule has 1 amide bonds. The third-order valence-corrected chi connectivity index (χ3v) is 3.94. The number of nitrogens with zero attached hydrogens (tertiary/aromatic N) is 2. The van der Waals surface area contributed by atoms with Crippen molar-refractivity contribution < 1.29 is 14.6 Å². The van der Waals surface area contributed by atoms with Gasteiger partial charge in [0.05, 0.1) is 12.8 Å². The van der Waals surface area contributed by atoms with Crippen molar-refractivity contribution in [3.63, 3.8) is 0 Å². The number of aliphatic hydroxyl groups is 1. The molecule has 0 saturated carbocycles. The molecule has 2 aromatic rings. The van der Waals surface area contributed by atoms with E-state index >= 15 is 0 Å². The van der Waals surface area contributed by atoms with Crippen LogP contribution in [-0.2, 0) is 0 Å². The molecular weight excluding hydrogens is 294 g/mol. The van der Waals surface area contributed by atoms with Crippen LogP contribution < -0.4 is 10.1 Å². The molecule has 0 aliphatic heterocycles. The minimum absolute atomic E-state index is 0.0104. The summed E-state index contributed by atoms with van der Waals surface area (Å²) in [5.41, 5.74) is 2.08. The Morgan fingerprint density at radius 2 is 2.00 bits per heavy atom. The second-order valence-corrected chi connectivity index (χ2v) is 5.70. The number of methoxy groups -OCH3 is 1. The van der Waals surface area contributed by atoms with Crippen molar-refractivity contribution in [1.29, 1.82) is 0 Å². The molecule has 0 saturated heterocycles. The van der Waals surface area contributed by atoms with Crippen molar-refractivity contribution in [2.75, 3.05) is 13.7 Å². The van der Waals surface area contributed by atoms with E-state index < -0.39 is 0 Å². The van der Waals surface area contributed by atoms with Crippen LogP contribution in [0.2, 0.25) is 0 Å². The van der Waals surface area contributed by atoms with Crippen molar-refractivity contribution in [2.45, 2.75) is 26.8 Å². The number of carbonyl (C=O) groups is 1. The van der Waals surface area contributed by atoms with Gasteiger partial charge < -0.3 is 15.2 Å². The molecule has 6 nitrogen and oxygen atoms in total. The maximum Gasteiger partial charge on any atom is 0.272 e. The first-order chi connectivity index (χ1) is 11.0. The van der Waals surface area contributed by atoms with Crippen molar-refractivity contribution in [3.05, 3.63) is 41.7 Å². The molecule has 0 spiro atoms. The van der Waals surface area contributed by atoms with Gasteiger partial charge in [0.2, 0.25) is 0 Å². The predicted molar refractivity (Wildman–Crippen MR) is 88.0 cm³/mol. The molecule has 124 valence electrons. The van der Waals surface area contributed by atoms with Crippen LogP contribution in [0.5, 0.6) is 5.75 Å². The number of ether oxygens (including phenoxy) is 1. The summed E-state index contributed by atoms with van der Waals surface area (Å²) in [6.07, 6.45) is 0. The number of aromatic nitrogens is 2. The number of aliphatic hydroxyl groups excluding tert-OH is 1. The first kappa shape index (κ1) is 17.0. The quantitative estimate of drug-likeness (QED) is 0.853. The summed E-state index contributed by atoms with van der Waals surface area (Å²) in [6.45, 7) is 5.67. The molecule has 0 aliphatic carbocycles. The fourth-order valence-electron chi connectivity index (χ4n) is 2.15. The van der Waals surface area contributed by atoms with E-state index in [1.54, 1.807) is 17.9 Å². The fourth-order valence-corrected chi connectivity index (χ4v) is 2.15. The highest BCUT2D eigenvalue weighted by Gasteiger charge is 2.18. The van der Waals surface area contributed by atoms with E-state index in [4.69, 9.17) is 9.84 Å². The van der Waals surface area contributed by atoms with Crippen LogP contribution in [-0.4, -0.2) is 40.6 Å². The molecule has 6 heteroatoms. The smallest absolute Gasteiger partial charge is 0.272 e. The van der Waals surface area contributed by atoms with Gasteiger partial charge in [-0.2, -0.15) is 5.10 Å². The molecule has 1 aromatic heterocycles. The Hall–Kier alpha value is -2.34. The van der Waals surface area contributed by atoms with Crippen LogP contribution in [0.15, 0.2) is 30.3 Å². The Bertz CT molecular complexity index is 664. The topological polar surface area (TPSA) is 76.4 Å². The van der Waals surface area contributed by atoms with Gasteiger partial charge in [-0.15, -0.1) is 0 Å². The van der Waals surface area contributed by atoms with E-state index in [1.165, 1.54) is 0 Å². The second kappa shape index (κ2) is 7.28. The van der Waals surface area contributed by atoms with Gasteiger partial charge in [-0.1, -0.05) is 6.92 Å². The molecule has 2 rings (SSSR count). The van der Waals surface area contributed by atoms with Gasteiger partial charge >= 0.3 is 0 Å². The average molecular weight is 317 g/mol. The van der Waals surface area contributed by atoms with Crippen LogP contribution in [0.25, 0.3) is 5.69 Å². The van der Waals surface area contributed by atoms with Gasteiger partial charge in [-0.05, 0) is 50.1 Å². The van der Waals surface area contributed by atoms with Gasteiger partial charge in [0.25, 0.3) is 5.91 Å². The average Bonchev–Trinajstić information content (AvgIpc) is 2.96. The Kier molecular flexibility index (Phi) is 5.39. The normalized spacial score (nSPS) is 13.4. The van der Waals surface area contributed by atoms with Crippen LogP contribution >= 0.6 is 0 Å². The van der Waals surface area contributed by atoms with Crippen LogP contribution in [0, 0.1) is 12.8 Å². The zero-order valence-corrected chi connectivity index (χ0v) is 13.9. The number of hydrogen-bond donors (Lipinski definition) is 2. The highest BCUT2D eigenvalue weighted by molar-refractivity contribution is 5.92. The minimum Gasteiger partial charge on any atom is -0.497 e. The lowest BCUT2D eigenvalue weighted by Gasteiger charge is -2.18. The zero-order valence-electron chi connectivity index (χ0n) is 13.9. The Labute approximate surface area is 136 Å². The van der Waals surface area contributed by atoms with E-state index in [0.717, 1.165) is 17.1 Å². The van der Waals surface area contributed by atoms with Crippen LogP contribution in [0.1, 0.15) is 30.0 Å². The van der Waals surface area contributed by atoms with E-state index in [1.807, 2.05) is 45.0 Å². The van der Waals surface area contributed by atoms with Gasteiger partial charge in [0.1, 0.15) is 5.75 Å². The highest BCUT2D eigenvalue weighted by Crippen LogP contribution is 2.17. The number of benzene rings is 1. The summed E-state index contributed by atoms with van der Waals surface area (Å²) >= 11 is 0. The predicted octanol–water partition coefficient (Wildman–Crippen LogP) is 1.94. The SMILES string of the molecule is COc1ccc(-n2nc(C(=O)NC(C)C(C)CO)cc2C)cc1. The monoisotopic (exact) mass is 317 g/mol. The molecule has 0 fully saturated rings. The largest absolute Gasteiger partial charge is 0.497 e. The standard InChI is InChI=1S/C17H23N3O3/c1-11(10-21)13(3)18-17(22)16-9-12(2)20(19-16)14-5-7-15(23-4)8-6-14/h5-9,11,13,21H,10H2,1-4H3,(H,18,22). The van der Waals surface area contributed by atoms with Gasteiger partial charge in [-0.3, -0.25) is 4.79 Å². The molecule has 23 heavy (non-hydrogen) atoms. The van der Waals surface area contributed by atoms with Crippen LogP contribution in [0.3, 0.4) is 0 Å². The molecule has 1 aromatic carbocycles. The van der Waals surface area contributed by atoms with Crippen molar-refractivity contribution in [2.24, 2.45) is 5.92 Å². The fraction of sp³-hybridized carbons (Fsp3) is 0.412. The maximum atomic E-state index is 12.3. The summed E-state index contributed by atoms with van der Waals surface area (Å²) < 4.78 is 6.86. The number of nitrogens with one attached hydrogen (secondary N) is 1. The summed E-state index contributed by atoms with van der Waals surface area (Å²) in [5.74, 6) is 0.514. The Balaban J connectivity index is 2.18. The minimum atomic E-state index is -0.242. The first-order valence-electron chi connectivity index (χ1n) is 7.59. The Morgan fingerprint density at radius 1 is 1.35 bits per heavy atom. The number of amides is 1. The number of carbonyl (C=O) groups excluding carboxylic acids is 1. The molecule has 2 N–H and O–H groups in total. The van der Waals surface area contributed by atoms with E-state index in [0.29, 0.717) is 5.69 Å². The number of rotatable bonds is 6. The lowest BCUT2D eigenvalue weighted by atomic mass is 10.1. The third kappa shape index (κ3) is 3.90. The molecule has 2 unspecified atom stereocenters. The first-order valence-corrected chi connectivity index (χ1v) is 7.59. The summed E-state index contributed by atoms with van der Waals surface area (Å²) in [7, 11) is 1.62. The van der Waals surface area contributed by atoms with Gasteiger partial charge in [-0.25, -0.2) is 4.68 Å². The van der Waals surface area contributed by atoms with Crippen LogP contribution in [0.4, 0.5) is 0 Å². The lowest BCUT2D eigenvalue weighted by molar-refractivity contribution is 0.0911. The summed E-state index contributed by atoms with van der Waals surface area (Å²) in [6, 6.07) is 9.09. The van der Waals surface area contributed by atoms with E-state index in [-0.39, 0.29) is 24.5 Å². The van der Waals surface area contributed by atoms with Crippen molar-refractivity contribution >= 4 is 5.91 Å². The van der Waals surface area contributed by atoms with Gasteiger partial charge in [0, 0.05) is 18.3 Å². The molecule has 0 aliphatic rings. The van der Waals surface area contributed by atoms with Crippen molar-refractivity contribution in [1.82, 2.24) is 15.1 Å². The lowest BCUT2D eigenvalue weighted by Crippen LogP contribution is -2.38. The number of aryl methyl sites for hydroxylation is 1. The van der Waals surface area contributed by atoms with E-state index in [2.05, 4.69) is 10.4 Å². The molecule has 0 bridgehead atoms. The Morgan fingerprint density at radius 3 is 2.57 bits per heavy atom. The summed E-state index contributed by atoms with van der Waals surface area (Å²) in [4.78, 5) is 12.3. The van der Waals surface area contributed by atoms with Gasteiger partial charge in [0.15, 0.2) is 5.69 Å². The second-order valence-electron chi connectivity index (χ2n) is 5.70. The third-order valence-electron chi connectivity index (χ3n) is 3.94. The van der Waals surface area contributed by atoms with E-state index in [9.17, 15) is 4.79 Å². The maximum absolute atomic E-state index is 12.3. The molecule has 2 atom stereocenters. The molecule has 1 heterocycles.